The number of amides is 2. The Balaban J connectivity index is 1.27. The van der Waals surface area contributed by atoms with Crippen LogP contribution in [0.15, 0.2) is 52.1 Å². The zero-order chi connectivity index (χ0) is 25.1. The van der Waals surface area contributed by atoms with E-state index in [2.05, 4.69) is 20.6 Å². The monoisotopic (exact) mass is 491 g/mol. The van der Waals surface area contributed by atoms with Gasteiger partial charge >= 0.3 is 5.97 Å². The Morgan fingerprint density at radius 1 is 1.11 bits per heavy atom. The van der Waals surface area contributed by atoms with Gasteiger partial charge in [0.05, 0.1) is 12.2 Å². The first kappa shape index (κ1) is 23.0. The molecule has 0 fully saturated rings. The van der Waals surface area contributed by atoms with Crippen LogP contribution in [0.5, 0.6) is 11.5 Å². The predicted molar refractivity (Wildman–Crippen MR) is 124 cm³/mol. The predicted octanol–water partition coefficient (Wildman–Crippen LogP) is 2.61. The summed E-state index contributed by atoms with van der Waals surface area (Å²) in [7, 11) is 0. The van der Waals surface area contributed by atoms with Crippen molar-refractivity contribution < 1.29 is 33.1 Å². The molecule has 2 aromatic carbocycles. The van der Waals surface area contributed by atoms with E-state index < -0.39 is 11.9 Å². The van der Waals surface area contributed by atoms with Crippen LogP contribution in [0.3, 0.4) is 0 Å². The van der Waals surface area contributed by atoms with Crippen molar-refractivity contribution in [1.29, 1.82) is 0 Å². The lowest BCUT2D eigenvalue weighted by Gasteiger charge is -2.21. The first-order valence-corrected chi connectivity index (χ1v) is 11.2. The molecule has 0 bridgehead atoms. The molecule has 0 aliphatic carbocycles. The summed E-state index contributed by atoms with van der Waals surface area (Å²) in [5, 5.41) is 12.0. The van der Waals surface area contributed by atoms with E-state index in [1.54, 1.807) is 43.3 Å². The summed E-state index contributed by atoms with van der Waals surface area (Å²) in [4.78, 5) is 41.3. The molecule has 0 saturated carbocycles. The van der Waals surface area contributed by atoms with Gasteiger partial charge in [-0.25, -0.2) is 9.80 Å². The molecule has 0 radical (unpaired) electrons. The zero-order valence-electron chi connectivity index (χ0n) is 19.2. The maximum absolute atomic E-state index is 12.6. The quantitative estimate of drug-likeness (QED) is 0.493. The third-order valence-corrected chi connectivity index (χ3v) is 5.36. The number of carbonyl (C=O) groups excluding carboxylic acids is 3. The van der Waals surface area contributed by atoms with Gasteiger partial charge < -0.3 is 24.1 Å². The normalized spacial score (nSPS) is 14.4. The van der Waals surface area contributed by atoms with Crippen LogP contribution >= 0.6 is 0 Å². The molecular formula is C24H21N5O7. The van der Waals surface area contributed by atoms with Gasteiger partial charge in [-0.15, -0.1) is 0 Å². The number of hydrogen-bond acceptors (Lipinski definition) is 10. The number of nitrogens with one attached hydrogen (secondary N) is 1. The third-order valence-electron chi connectivity index (χ3n) is 5.36. The molecule has 0 atom stereocenters. The summed E-state index contributed by atoms with van der Waals surface area (Å²) >= 11 is 0. The number of carbonyl (C=O) groups is 3. The average molecular weight is 491 g/mol. The average Bonchev–Trinajstić information content (AvgIpc) is 3.55. The van der Waals surface area contributed by atoms with E-state index in [4.69, 9.17) is 18.7 Å². The number of fused-ring (bicyclic) bond motifs is 1. The fraction of sp³-hybridized carbons (Fsp3) is 0.250. The lowest BCUT2D eigenvalue weighted by atomic mass is 10.1. The van der Waals surface area contributed by atoms with Crippen LogP contribution in [0.2, 0.25) is 0 Å². The topological polar surface area (TPSA) is 145 Å². The van der Waals surface area contributed by atoms with Gasteiger partial charge in [-0.05, 0) is 43.3 Å². The number of benzene rings is 2. The molecule has 3 heterocycles. The Bertz CT molecular complexity index is 1370. The molecule has 2 aliphatic heterocycles. The van der Waals surface area contributed by atoms with Gasteiger partial charge in [0.25, 0.3) is 5.89 Å². The van der Waals surface area contributed by atoms with E-state index in [1.165, 1.54) is 6.07 Å². The number of anilines is 1. The number of hydrogen-bond donors (Lipinski definition) is 1. The Hall–Kier alpha value is -4.74. The van der Waals surface area contributed by atoms with Crippen molar-refractivity contribution in [2.45, 2.75) is 19.8 Å². The smallest absolute Gasteiger partial charge is 0.338 e. The Kier molecular flexibility index (Phi) is 6.31. The highest BCUT2D eigenvalue weighted by molar-refractivity contribution is 6.03. The summed E-state index contributed by atoms with van der Waals surface area (Å²) in [5.74, 6) is 0.416. The van der Waals surface area contributed by atoms with Crippen LogP contribution < -0.4 is 14.8 Å². The molecule has 0 saturated heterocycles. The summed E-state index contributed by atoms with van der Waals surface area (Å²) in [5.41, 5.74) is 1.76. The van der Waals surface area contributed by atoms with Crippen LogP contribution in [-0.2, 0) is 14.3 Å². The van der Waals surface area contributed by atoms with Crippen LogP contribution in [-0.4, -0.2) is 58.6 Å². The van der Waals surface area contributed by atoms with Gasteiger partial charge in [0.1, 0.15) is 12.3 Å². The molecule has 36 heavy (non-hydrogen) atoms. The minimum absolute atomic E-state index is 0.131. The fourth-order valence-corrected chi connectivity index (χ4v) is 3.65. The van der Waals surface area contributed by atoms with Crippen molar-refractivity contribution in [3.8, 4) is 22.9 Å². The minimum atomic E-state index is -0.492. The number of esters is 1. The van der Waals surface area contributed by atoms with Crippen LogP contribution in [0.4, 0.5) is 5.69 Å². The fourth-order valence-electron chi connectivity index (χ4n) is 3.65. The molecule has 2 aliphatic rings. The molecule has 1 aromatic heterocycles. The Morgan fingerprint density at radius 3 is 2.83 bits per heavy atom. The second-order valence-corrected chi connectivity index (χ2v) is 7.84. The molecule has 184 valence electrons. The van der Waals surface area contributed by atoms with Crippen molar-refractivity contribution in [3.05, 3.63) is 53.9 Å². The van der Waals surface area contributed by atoms with E-state index in [0.717, 1.165) is 5.01 Å². The maximum atomic E-state index is 12.6. The number of nitrogens with zero attached hydrogens (tertiary/aromatic N) is 4. The second kappa shape index (κ2) is 9.86. The third kappa shape index (κ3) is 4.87. The second-order valence-electron chi connectivity index (χ2n) is 7.84. The lowest BCUT2D eigenvalue weighted by Crippen LogP contribution is -2.38. The highest BCUT2D eigenvalue weighted by Gasteiger charge is 2.27. The number of ether oxygens (including phenoxy) is 3. The lowest BCUT2D eigenvalue weighted by molar-refractivity contribution is -0.135. The van der Waals surface area contributed by atoms with E-state index in [9.17, 15) is 14.4 Å². The van der Waals surface area contributed by atoms with Crippen LogP contribution in [0, 0.1) is 0 Å². The van der Waals surface area contributed by atoms with Crippen molar-refractivity contribution in [2.24, 2.45) is 5.10 Å². The molecular weight excluding hydrogens is 470 g/mol. The van der Waals surface area contributed by atoms with E-state index in [0.29, 0.717) is 46.3 Å². The molecule has 5 rings (SSSR count). The molecule has 12 heteroatoms. The van der Waals surface area contributed by atoms with E-state index >= 15 is 0 Å². The number of hydrazone groups is 1. The first-order valence-electron chi connectivity index (χ1n) is 11.2. The maximum Gasteiger partial charge on any atom is 0.338 e. The van der Waals surface area contributed by atoms with Gasteiger partial charge in [-0.3, -0.25) is 9.59 Å². The molecule has 1 N–H and O–H groups in total. The molecule has 12 nitrogen and oxygen atoms in total. The van der Waals surface area contributed by atoms with Crippen molar-refractivity contribution >= 4 is 29.2 Å². The molecule has 0 unspecified atom stereocenters. The van der Waals surface area contributed by atoms with Gasteiger partial charge in [-0.1, -0.05) is 11.2 Å². The van der Waals surface area contributed by atoms with Crippen molar-refractivity contribution in [3.63, 3.8) is 0 Å². The SMILES string of the molecule is CCOC(=O)c1cccc(NC(=O)CN2N=C(c3nc(-c4ccc5c(c4)OCO5)no3)CCC2=O)c1. The first-order chi connectivity index (χ1) is 17.5. The van der Waals surface area contributed by atoms with Gasteiger partial charge in [0, 0.05) is 24.1 Å². The summed E-state index contributed by atoms with van der Waals surface area (Å²) in [6.45, 7) is 1.78. The summed E-state index contributed by atoms with van der Waals surface area (Å²) in [6, 6.07) is 11.6. The Morgan fingerprint density at radius 2 is 1.97 bits per heavy atom. The minimum Gasteiger partial charge on any atom is -0.462 e. The molecule has 3 aromatic rings. The van der Waals surface area contributed by atoms with Crippen LogP contribution in [0.25, 0.3) is 11.4 Å². The molecule has 2 amide bonds. The summed E-state index contributed by atoms with van der Waals surface area (Å²) in [6.07, 6.45) is 0.424. The van der Waals surface area contributed by atoms with Gasteiger partial charge in [0.15, 0.2) is 11.5 Å². The highest BCUT2D eigenvalue weighted by Crippen LogP contribution is 2.35. The van der Waals surface area contributed by atoms with Crippen molar-refractivity contribution in [2.75, 3.05) is 25.3 Å². The van der Waals surface area contributed by atoms with Crippen LogP contribution in [0.1, 0.15) is 36.0 Å². The zero-order valence-corrected chi connectivity index (χ0v) is 19.2. The van der Waals surface area contributed by atoms with Gasteiger partial charge in [-0.2, -0.15) is 10.1 Å². The van der Waals surface area contributed by atoms with E-state index in [1.807, 2.05) is 0 Å². The summed E-state index contributed by atoms with van der Waals surface area (Å²) < 4.78 is 21.0. The highest BCUT2D eigenvalue weighted by atomic mass is 16.7. The van der Waals surface area contributed by atoms with E-state index in [-0.39, 0.29) is 38.2 Å². The standard InChI is InChI=1S/C24H21N5O7/c1-2-33-24(32)15-4-3-5-16(10-15)25-20(30)12-29-21(31)9-7-17(27-29)23-26-22(28-36-23)14-6-8-18-19(11-14)35-13-34-18/h3-6,8,10-11H,2,7,9,12-13H2,1H3,(H,25,30). The largest absolute Gasteiger partial charge is 0.462 e. The van der Waals surface area contributed by atoms with Crippen molar-refractivity contribution in [1.82, 2.24) is 15.1 Å². The number of aromatic nitrogens is 2. The van der Waals surface area contributed by atoms with Gasteiger partial charge in [0.2, 0.25) is 24.4 Å². The Labute approximate surface area is 204 Å². The number of rotatable bonds is 7. The molecule has 0 spiro atoms.